The van der Waals surface area contributed by atoms with Gasteiger partial charge in [-0.25, -0.2) is 27.2 Å². The molecule has 3 atom stereocenters. The number of oxazole rings is 1. The minimum Gasteiger partial charge on any atom is -0.443 e. The van der Waals surface area contributed by atoms with Crippen molar-refractivity contribution in [2.45, 2.75) is 50.2 Å². The maximum atomic E-state index is 14.5. The van der Waals surface area contributed by atoms with Crippen molar-refractivity contribution in [2.75, 3.05) is 6.26 Å². The molecule has 0 amide bonds. The highest BCUT2D eigenvalue weighted by atomic mass is 32.2. The minimum atomic E-state index is -3.35. The first-order valence-electron chi connectivity index (χ1n) is 12.2. The third-order valence-corrected chi connectivity index (χ3v) is 10.00. The van der Waals surface area contributed by atoms with Crippen LogP contribution in [0.2, 0.25) is 0 Å². The Morgan fingerprint density at radius 2 is 1.82 bits per heavy atom. The van der Waals surface area contributed by atoms with Crippen LogP contribution in [-0.2, 0) is 15.3 Å². The smallest absolute Gasteiger partial charge is 0.246 e. The Kier molecular flexibility index (Phi) is 5.33. The summed E-state index contributed by atoms with van der Waals surface area (Å²) < 4.78 is 58.6. The monoisotopic (exact) mass is 537 g/mol. The van der Waals surface area contributed by atoms with Gasteiger partial charge in [0.05, 0.1) is 40.0 Å². The first-order chi connectivity index (χ1) is 17.9. The molecule has 4 aromatic rings. The number of hydrogen-bond donors (Lipinski definition) is 0. The fraction of sp³-hybridized carbons (Fsp3) is 0.370. The number of aromatic nitrogens is 5. The topological polar surface area (TPSA) is 112 Å². The van der Waals surface area contributed by atoms with Gasteiger partial charge in [-0.15, -0.1) is 5.10 Å². The number of benzene rings is 1. The first-order valence-corrected chi connectivity index (χ1v) is 14.2. The van der Waals surface area contributed by atoms with E-state index in [9.17, 15) is 17.2 Å². The number of hydrogen-bond acceptors (Lipinski definition) is 8. The van der Waals surface area contributed by atoms with Gasteiger partial charge >= 0.3 is 0 Å². The van der Waals surface area contributed by atoms with E-state index >= 15 is 0 Å². The van der Waals surface area contributed by atoms with Crippen molar-refractivity contribution < 1.29 is 21.6 Å². The van der Waals surface area contributed by atoms with Crippen LogP contribution in [0.15, 0.2) is 47.3 Å². The second-order valence-electron chi connectivity index (χ2n) is 10.7. The lowest BCUT2D eigenvalue weighted by Crippen LogP contribution is -2.38. The zero-order valence-corrected chi connectivity index (χ0v) is 22.1. The lowest BCUT2D eigenvalue weighted by Gasteiger charge is -2.37. The molecule has 38 heavy (non-hydrogen) atoms. The third-order valence-electron chi connectivity index (χ3n) is 8.47. The van der Waals surface area contributed by atoms with Crippen molar-refractivity contribution in [3.63, 3.8) is 0 Å². The van der Waals surface area contributed by atoms with Crippen molar-refractivity contribution in [1.29, 1.82) is 0 Å². The third kappa shape index (κ3) is 3.37. The summed E-state index contributed by atoms with van der Waals surface area (Å²) in [6, 6.07) is 5.48. The minimum absolute atomic E-state index is 0.0796. The number of sulfone groups is 1. The lowest BCUT2D eigenvalue weighted by atomic mass is 9.66. The molecule has 0 N–H and O–H groups in total. The molecule has 11 heteroatoms. The van der Waals surface area contributed by atoms with Gasteiger partial charge in [-0.05, 0) is 54.9 Å². The average Bonchev–Trinajstić information content (AvgIpc) is 3.51. The highest BCUT2D eigenvalue weighted by molar-refractivity contribution is 7.90. The van der Waals surface area contributed by atoms with Gasteiger partial charge < -0.3 is 4.42 Å². The molecule has 0 unspecified atom stereocenters. The Morgan fingerprint density at radius 1 is 1.08 bits per heavy atom. The Balaban J connectivity index is 1.45. The van der Waals surface area contributed by atoms with E-state index in [0.717, 1.165) is 30.4 Å². The summed E-state index contributed by atoms with van der Waals surface area (Å²) in [5.74, 6) is -1.13. The van der Waals surface area contributed by atoms with Gasteiger partial charge in [-0.1, -0.05) is 19.9 Å². The van der Waals surface area contributed by atoms with Crippen molar-refractivity contribution in [2.24, 2.45) is 5.41 Å². The van der Waals surface area contributed by atoms with E-state index in [1.807, 2.05) is 0 Å². The van der Waals surface area contributed by atoms with Crippen molar-refractivity contribution in [1.82, 2.24) is 25.1 Å². The van der Waals surface area contributed by atoms with E-state index in [4.69, 9.17) is 9.40 Å². The fourth-order valence-corrected chi connectivity index (χ4v) is 6.79. The molecule has 0 aliphatic heterocycles. The fourth-order valence-electron chi connectivity index (χ4n) is 6.24. The maximum Gasteiger partial charge on any atom is 0.246 e. The van der Waals surface area contributed by atoms with Gasteiger partial charge in [0.2, 0.25) is 5.89 Å². The molecule has 3 aromatic heterocycles. The molecule has 2 bridgehead atoms. The van der Waals surface area contributed by atoms with Gasteiger partial charge in [0.25, 0.3) is 0 Å². The Bertz CT molecular complexity index is 1680. The molecule has 0 spiro atoms. The SMILES string of the molecule is C[C@H](c1coc(-c2cncc([C@@]34CC[C@@H](c5cc(-c6c(F)cccc6F)nnc53)C4(C)C)n2)n1)S(C)(=O)=O. The Hall–Kier alpha value is -3.60. The van der Waals surface area contributed by atoms with Crippen LogP contribution in [-0.4, -0.2) is 39.8 Å². The number of halogens is 2. The summed E-state index contributed by atoms with van der Waals surface area (Å²) in [7, 11) is -3.35. The molecule has 2 aliphatic rings. The molecule has 1 aromatic carbocycles. The van der Waals surface area contributed by atoms with Gasteiger partial charge in [0.15, 0.2) is 9.84 Å². The van der Waals surface area contributed by atoms with Crippen LogP contribution in [0.25, 0.3) is 22.8 Å². The number of nitrogens with zero attached hydrogens (tertiary/aromatic N) is 5. The van der Waals surface area contributed by atoms with Crippen LogP contribution < -0.4 is 0 Å². The van der Waals surface area contributed by atoms with E-state index in [1.165, 1.54) is 30.7 Å². The van der Waals surface area contributed by atoms with Gasteiger partial charge in [0, 0.05) is 12.5 Å². The van der Waals surface area contributed by atoms with Crippen molar-refractivity contribution in [3.8, 4) is 22.8 Å². The first kappa shape index (κ1) is 24.7. The Labute approximate surface area is 218 Å². The molecule has 1 saturated carbocycles. The van der Waals surface area contributed by atoms with E-state index in [-0.39, 0.29) is 28.5 Å². The molecule has 6 rings (SSSR count). The predicted molar refractivity (Wildman–Crippen MR) is 135 cm³/mol. The summed E-state index contributed by atoms with van der Waals surface area (Å²) in [5.41, 5.74) is 1.95. The molecular formula is C27H25F2N5O3S. The second-order valence-corrected chi connectivity index (χ2v) is 13.1. The second kappa shape index (κ2) is 8.20. The van der Waals surface area contributed by atoms with Crippen LogP contribution in [0, 0.1) is 17.0 Å². The molecule has 0 radical (unpaired) electrons. The van der Waals surface area contributed by atoms with E-state index in [1.54, 1.807) is 19.2 Å². The van der Waals surface area contributed by atoms with Gasteiger partial charge in [-0.3, -0.25) is 4.98 Å². The maximum absolute atomic E-state index is 14.5. The highest BCUT2D eigenvalue weighted by Gasteiger charge is 2.65. The molecule has 196 valence electrons. The van der Waals surface area contributed by atoms with E-state index in [0.29, 0.717) is 17.1 Å². The van der Waals surface area contributed by atoms with Crippen LogP contribution in [0.5, 0.6) is 0 Å². The molecule has 8 nitrogen and oxygen atoms in total. The normalized spacial score (nSPS) is 22.4. The standard InChI is InChI=1S/C27H25F2N5O3S/c1-14(38(4,35)36)21-13-37-25(32-21)20-11-30-12-22(31-20)27-9-8-16(26(27,2)3)15-10-19(33-34-24(15)27)23-17(28)6-5-7-18(23)29/h5-7,10-14,16H,8-9H2,1-4H3/t14-,16+,27+/m1/s1. The van der Waals surface area contributed by atoms with Gasteiger partial charge in [0.1, 0.15) is 28.8 Å². The Morgan fingerprint density at radius 3 is 2.53 bits per heavy atom. The quantitative estimate of drug-likeness (QED) is 0.343. The highest BCUT2D eigenvalue weighted by Crippen LogP contribution is 2.69. The predicted octanol–water partition coefficient (Wildman–Crippen LogP) is 5.18. The van der Waals surface area contributed by atoms with Gasteiger partial charge in [-0.2, -0.15) is 5.10 Å². The summed E-state index contributed by atoms with van der Waals surface area (Å²) in [6.45, 7) is 5.83. The van der Waals surface area contributed by atoms with Crippen LogP contribution >= 0.6 is 0 Å². The zero-order valence-electron chi connectivity index (χ0n) is 21.2. The molecule has 3 heterocycles. The molecule has 2 aliphatic carbocycles. The lowest BCUT2D eigenvalue weighted by molar-refractivity contribution is 0.242. The zero-order chi connectivity index (χ0) is 27.0. The summed E-state index contributed by atoms with van der Waals surface area (Å²) in [4.78, 5) is 13.7. The van der Waals surface area contributed by atoms with E-state index < -0.39 is 32.1 Å². The van der Waals surface area contributed by atoms with Crippen LogP contribution in [0.1, 0.15) is 67.4 Å². The number of rotatable bonds is 5. The molecule has 0 saturated heterocycles. The van der Waals surface area contributed by atoms with Crippen LogP contribution in [0.3, 0.4) is 0 Å². The number of fused-ring (bicyclic) bond motifs is 5. The summed E-state index contributed by atoms with van der Waals surface area (Å²) >= 11 is 0. The molecular weight excluding hydrogens is 512 g/mol. The average molecular weight is 538 g/mol. The van der Waals surface area contributed by atoms with Crippen LogP contribution in [0.4, 0.5) is 8.78 Å². The summed E-state index contributed by atoms with van der Waals surface area (Å²) in [5, 5.41) is 7.98. The largest absolute Gasteiger partial charge is 0.443 e. The summed E-state index contributed by atoms with van der Waals surface area (Å²) in [6.07, 6.45) is 7.27. The van der Waals surface area contributed by atoms with Crippen molar-refractivity contribution in [3.05, 3.63) is 77.2 Å². The van der Waals surface area contributed by atoms with Crippen molar-refractivity contribution >= 4 is 9.84 Å². The molecule has 1 fully saturated rings. The van der Waals surface area contributed by atoms with E-state index in [2.05, 4.69) is 34.0 Å².